The van der Waals surface area contributed by atoms with Crippen molar-refractivity contribution in [2.75, 3.05) is 0 Å². The summed E-state index contributed by atoms with van der Waals surface area (Å²) < 4.78 is 12.9. The van der Waals surface area contributed by atoms with E-state index in [1.54, 1.807) is 13.8 Å². The van der Waals surface area contributed by atoms with Crippen molar-refractivity contribution in [3.63, 3.8) is 0 Å². The van der Waals surface area contributed by atoms with Gasteiger partial charge in [-0.05, 0) is 25.5 Å². The van der Waals surface area contributed by atoms with E-state index in [1.165, 1.54) is 12.2 Å². The summed E-state index contributed by atoms with van der Waals surface area (Å²) in [5.41, 5.74) is 0.977. The van der Waals surface area contributed by atoms with E-state index in [0.29, 0.717) is 11.1 Å². The van der Waals surface area contributed by atoms with Crippen LogP contribution < -0.4 is 5.32 Å². The molecule has 13 heavy (non-hydrogen) atoms. The fraction of sp³-hybridized carbons (Fsp3) is 0.300. The molecule has 0 spiro atoms. The Hall–Kier alpha value is -1.38. The molecule has 0 radical (unpaired) electrons. The van der Waals surface area contributed by atoms with E-state index in [4.69, 9.17) is 0 Å². The molecule has 0 aromatic carbocycles. The minimum atomic E-state index is -0.348. The van der Waals surface area contributed by atoms with Crippen molar-refractivity contribution < 1.29 is 9.18 Å². The van der Waals surface area contributed by atoms with Crippen LogP contribution in [0.1, 0.15) is 13.8 Å². The quantitative estimate of drug-likeness (QED) is 0.615. The van der Waals surface area contributed by atoms with E-state index in [2.05, 4.69) is 11.9 Å². The van der Waals surface area contributed by atoms with Gasteiger partial charge in [-0.1, -0.05) is 12.7 Å². The lowest BCUT2D eigenvalue weighted by atomic mass is 10.1. The van der Waals surface area contributed by atoms with E-state index in [0.717, 1.165) is 0 Å². The molecule has 1 aliphatic rings. The smallest absolute Gasteiger partial charge is 0.251 e. The Balaban J connectivity index is 2.98. The van der Waals surface area contributed by atoms with Crippen LogP contribution in [0.4, 0.5) is 4.39 Å². The number of nitrogens with one attached hydrogen (secondary N) is 1. The van der Waals surface area contributed by atoms with Gasteiger partial charge in [-0.15, -0.1) is 0 Å². The van der Waals surface area contributed by atoms with Crippen LogP contribution in [0.5, 0.6) is 0 Å². The summed E-state index contributed by atoms with van der Waals surface area (Å²) in [6.45, 7) is 6.98. The second-order valence-electron chi connectivity index (χ2n) is 2.95. The molecular weight excluding hydrogens is 169 g/mol. The molecular formula is C10H12FNO. The molecule has 3 heteroatoms. The van der Waals surface area contributed by atoms with E-state index >= 15 is 0 Å². The highest BCUT2D eigenvalue weighted by atomic mass is 19.1. The lowest BCUT2D eigenvalue weighted by Gasteiger charge is -2.02. The molecule has 1 saturated heterocycles. The second kappa shape index (κ2) is 3.56. The van der Waals surface area contributed by atoms with Crippen molar-refractivity contribution in [2.45, 2.75) is 19.9 Å². The van der Waals surface area contributed by atoms with Gasteiger partial charge in [0.1, 0.15) is 5.83 Å². The van der Waals surface area contributed by atoms with Crippen LogP contribution in [0.3, 0.4) is 0 Å². The van der Waals surface area contributed by atoms with Gasteiger partial charge in [-0.3, -0.25) is 4.79 Å². The van der Waals surface area contributed by atoms with Gasteiger partial charge in [0, 0.05) is 5.57 Å². The third-order valence-electron chi connectivity index (χ3n) is 2.01. The monoisotopic (exact) mass is 181 g/mol. The number of carbonyl (C=O) groups excluding carboxylic acids is 1. The summed E-state index contributed by atoms with van der Waals surface area (Å²) in [4.78, 5) is 11.1. The Morgan fingerprint density at radius 3 is 2.69 bits per heavy atom. The van der Waals surface area contributed by atoms with Crippen LogP contribution in [-0.2, 0) is 4.79 Å². The van der Waals surface area contributed by atoms with Gasteiger partial charge in [-0.25, -0.2) is 4.39 Å². The highest BCUT2D eigenvalue weighted by Gasteiger charge is 2.26. The zero-order valence-electron chi connectivity index (χ0n) is 7.73. The Bertz CT molecular complexity index is 315. The van der Waals surface area contributed by atoms with Crippen molar-refractivity contribution in [3.8, 4) is 0 Å². The van der Waals surface area contributed by atoms with Crippen molar-refractivity contribution in [1.29, 1.82) is 0 Å². The predicted octanol–water partition coefficient (Wildman–Crippen LogP) is 1.86. The maximum absolute atomic E-state index is 12.9. The lowest BCUT2D eigenvalue weighted by Crippen LogP contribution is -2.22. The topological polar surface area (TPSA) is 29.1 Å². The summed E-state index contributed by atoms with van der Waals surface area (Å²) in [6.07, 6.45) is 2.68. The summed E-state index contributed by atoms with van der Waals surface area (Å²) in [5, 5.41) is 2.65. The minimum absolute atomic E-state index is 0.148. The van der Waals surface area contributed by atoms with Gasteiger partial charge >= 0.3 is 0 Å². The van der Waals surface area contributed by atoms with Gasteiger partial charge in [0.05, 0.1) is 6.04 Å². The SMILES string of the molecule is C=C1C(=O)NC(C)C1=CC(F)=CC. The molecule has 1 fully saturated rings. The van der Waals surface area contributed by atoms with Crippen LogP contribution >= 0.6 is 0 Å². The first-order valence-corrected chi connectivity index (χ1v) is 4.09. The number of amides is 1. The summed E-state index contributed by atoms with van der Waals surface area (Å²) in [7, 11) is 0. The Labute approximate surface area is 76.8 Å². The van der Waals surface area contributed by atoms with Gasteiger partial charge < -0.3 is 5.32 Å². The summed E-state index contributed by atoms with van der Waals surface area (Å²) in [6, 6.07) is -0.148. The lowest BCUT2D eigenvalue weighted by molar-refractivity contribution is -0.116. The zero-order valence-corrected chi connectivity index (χ0v) is 7.73. The van der Waals surface area contributed by atoms with Crippen LogP contribution in [0.2, 0.25) is 0 Å². The molecule has 0 aromatic rings. The van der Waals surface area contributed by atoms with E-state index in [-0.39, 0.29) is 17.8 Å². The Kier molecular flexibility index (Phi) is 2.66. The highest BCUT2D eigenvalue weighted by molar-refractivity contribution is 6.01. The summed E-state index contributed by atoms with van der Waals surface area (Å²) in [5.74, 6) is -0.567. The van der Waals surface area contributed by atoms with E-state index in [1.807, 2.05) is 0 Å². The van der Waals surface area contributed by atoms with Gasteiger partial charge in [0.2, 0.25) is 0 Å². The molecule has 1 heterocycles. The first kappa shape index (κ1) is 9.71. The molecule has 1 amide bonds. The number of halogens is 1. The fourth-order valence-corrected chi connectivity index (χ4v) is 1.20. The highest BCUT2D eigenvalue weighted by Crippen LogP contribution is 2.21. The third kappa shape index (κ3) is 1.86. The predicted molar refractivity (Wildman–Crippen MR) is 49.7 cm³/mol. The van der Waals surface area contributed by atoms with Crippen LogP contribution in [0.15, 0.2) is 35.7 Å². The maximum Gasteiger partial charge on any atom is 0.251 e. The molecule has 1 N–H and O–H groups in total. The first-order chi connectivity index (χ1) is 6.06. The Morgan fingerprint density at radius 2 is 2.31 bits per heavy atom. The minimum Gasteiger partial charge on any atom is -0.345 e. The fourth-order valence-electron chi connectivity index (χ4n) is 1.20. The molecule has 1 rings (SSSR count). The molecule has 2 nitrogen and oxygen atoms in total. The van der Waals surface area contributed by atoms with Crippen molar-refractivity contribution in [1.82, 2.24) is 5.32 Å². The van der Waals surface area contributed by atoms with Gasteiger partial charge in [0.25, 0.3) is 5.91 Å². The standard InChI is InChI=1S/C10H12FNO/c1-4-8(11)5-9-6(2)10(13)12-7(9)3/h4-5,7H,2H2,1,3H3,(H,12,13). The van der Waals surface area contributed by atoms with Crippen LogP contribution in [0.25, 0.3) is 0 Å². The molecule has 1 unspecified atom stereocenters. The van der Waals surface area contributed by atoms with E-state index in [9.17, 15) is 9.18 Å². The van der Waals surface area contributed by atoms with Crippen molar-refractivity contribution >= 4 is 5.91 Å². The molecule has 0 aliphatic carbocycles. The maximum atomic E-state index is 12.9. The molecule has 1 atom stereocenters. The molecule has 0 bridgehead atoms. The average molecular weight is 181 g/mol. The second-order valence-corrected chi connectivity index (χ2v) is 2.95. The van der Waals surface area contributed by atoms with Crippen LogP contribution in [-0.4, -0.2) is 11.9 Å². The number of allylic oxidation sites excluding steroid dienone is 3. The molecule has 0 saturated carbocycles. The third-order valence-corrected chi connectivity index (χ3v) is 2.01. The largest absolute Gasteiger partial charge is 0.345 e. The van der Waals surface area contributed by atoms with Crippen LogP contribution in [0, 0.1) is 0 Å². The Morgan fingerprint density at radius 1 is 1.69 bits per heavy atom. The zero-order chi connectivity index (χ0) is 10.0. The summed E-state index contributed by atoms with van der Waals surface area (Å²) >= 11 is 0. The average Bonchev–Trinajstić information content (AvgIpc) is 2.32. The molecule has 0 aromatic heterocycles. The van der Waals surface area contributed by atoms with E-state index < -0.39 is 0 Å². The van der Waals surface area contributed by atoms with Crippen molar-refractivity contribution in [3.05, 3.63) is 35.7 Å². The molecule has 70 valence electrons. The molecule has 1 aliphatic heterocycles. The number of hydrogen-bond acceptors (Lipinski definition) is 1. The number of rotatable bonds is 1. The number of hydrogen-bond donors (Lipinski definition) is 1. The number of carbonyl (C=O) groups is 1. The van der Waals surface area contributed by atoms with Gasteiger partial charge in [0.15, 0.2) is 0 Å². The normalized spacial score (nSPS) is 26.8. The van der Waals surface area contributed by atoms with Crippen molar-refractivity contribution in [2.24, 2.45) is 0 Å². The first-order valence-electron chi connectivity index (χ1n) is 4.09. The van der Waals surface area contributed by atoms with Gasteiger partial charge in [-0.2, -0.15) is 0 Å².